The fourth-order valence-electron chi connectivity index (χ4n) is 2.30. The number of hydrogen-bond acceptors (Lipinski definition) is 5. The van der Waals surface area contributed by atoms with E-state index in [1.807, 2.05) is 24.3 Å². The van der Waals surface area contributed by atoms with E-state index in [1.54, 1.807) is 7.11 Å². The van der Waals surface area contributed by atoms with Crippen LogP contribution in [0.3, 0.4) is 0 Å². The number of rotatable bonds is 6. The molecule has 3 rings (SSSR count). The Morgan fingerprint density at radius 2 is 2.09 bits per heavy atom. The summed E-state index contributed by atoms with van der Waals surface area (Å²) in [6, 6.07) is 7.30. The average Bonchev–Trinajstić information content (AvgIpc) is 3.24. The Morgan fingerprint density at radius 3 is 2.70 bits per heavy atom. The summed E-state index contributed by atoms with van der Waals surface area (Å²) in [7, 11) is 1.59. The van der Waals surface area contributed by atoms with Gasteiger partial charge in [0.05, 0.1) is 25.5 Å². The molecule has 120 valence electrons. The highest BCUT2D eigenvalue weighted by Crippen LogP contribution is 2.38. The first kappa shape index (κ1) is 15.0. The van der Waals surface area contributed by atoms with Crippen LogP contribution in [0, 0.1) is 11.8 Å². The van der Waals surface area contributed by atoms with Crippen molar-refractivity contribution < 1.29 is 19.4 Å². The number of ether oxygens (including phenoxy) is 1. The maximum Gasteiger partial charge on any atom is 0.307 e. The molecular weight excluding hydrogens is 300 g/mol. The van der Waals surface area contributed by atoms with Gasteiger partial charge in [-0.05, 0) is 30.7 Å². The third-order valence-corrected chi connectivity index (χ3v) is 3.75. The van der Waals surface area contributed by atoms with Crippen molar-refractivity contribution in [2.24, 2.45) is 11.8 Å². The third kappa shape index (κ3) is 3.31. The molecule has 1 saturated carbocycles. The Hall–Kier alpha value is -2.90. The van der Waals surface area contributed by atoms with E-state index in [1.165, 1.54) is 0 Å². The highest BCUT2D eigenvalue weighted by atomic mass is 16.5. The Balaban J connectivity index is 1.57. The van der Waals surface area contributed by atoms with Gasteiger partial charge in [-0.25, -0.2) is 4.98 Å². The zero-order chi connectivity index (χ0) is 16.4. The molecule has 1 aliphatic carbocycles. The molecule has 1 amide bonds. The van der Waals surface area contributed by atoms with Crippen molar-refractivity contribution in [1.29, 1.82) is 0 Å². The van der Waals surface area contributed by atoms with Gasteiger partial charge in [0.25, 0.3) is 0 Å². The fourth-order valence-corrected chi connectivity index (χ4v) is 2.30. The number of aromatic amines is 1. The first-order chi connectivity index (χ1) is 11.1. The molecule has 1 heterocycles. The number of carboxylic acid groups (broad SMARTS) is 1. The van der Waals surface area contributed by atoms with Crippen molar-refractivity contribution in [1.82, 2.24) is 20.5 Å². The Morgan fingerprint density at radius 1 is 1.35 bits per heavy atom. The fraction of sp³-hybridized carbons (Fsp3) is 0.333. The van der Waals surface area contributed by atoms with E-state index in [-0.39, 0.29) is 12.5 Å². The van der Waals surface area contributed by atoms with Gasteiger partial charge < -0.3 is 15.2 Å². The zero-order valence-corrected chi connectivity index (χ0v) is 12.4. The molecule has 8 heteroatoms. The molecule has 1 aromatic heterocycles. The maximum absolute atomic E-state index is 11.8. The molecule has 0 spiro atoms. The molecule has 1 aliphatic rings. The molecule has 0 bridgehead atoms. The lowest BCUT2D eigenvalue weighted by atomic mass is 10.2. The topological polar surface area (TPSA) is 117 Å². The minimum absolute atomic E-state index is 0.185. The van der Waals surface area contributed by atoms with Gasteiger partial charge in [0.1, 0.15) is 11.6 Å². The number of aliphatic carboxylic acids is 1. The minimum Gasteiger partial charge on any atom is -0.497 e. The van der Waals surface area contributed by atoms with Gasteiger partial charge >= 0.3 is 5.97 Å². The van der Waals surface area contributed by atoms with Crippen LogP contribution in [0.1, 0.15) is 12.2 Å². The number of carbonyl (C=O) groups excluding carboxylic acids is 1. The summed E-state index contributed by atoms with van der Waals surface area (Å²) in [5.74, 6) is -0.403. The van der Waals surface area contributed by atoms with E-state index in [2.05, 4.69) is 20.5 Å². The number of hydrogen-bond donors (Lipinski definition) is 3. The van der Waals surface area contributed by atoms with E-state index < -0.39 is 17.8 Å². The molecule has 1 aromatic carbocycles. The Kier molecular flexibility index (Phi) is 3.96. The van der Waals surface area contributed by atoms with Crippen LogP contribution in [-0.2, 0) is 16.1 Å². The lowest BCUT2D eigenvalue weighted by molar-refractivity contribution is -0.140. The van der Waals surface area contributed by atoms with Crippen LogP contribution in [0.25, 0.3) is 11.4 Å². The van der Waals surface area contributed by atoms with Crippen LogP contribution in [0.4, 0.5) is 0 Å². The number of amides is 1. The van der Waals surface area contributed by atoms with Crippen LogP contribution < -0.4 is 10.1 Å². The van der Waals surface area contributed by atoms with Gasteiger partial charge in [-0.15, -0.1) is 0 Å². The summed E-state index contributed by atoms with van der Waals surface area (Å²) in [4.78, 5) is 26.8. The van der Waals surface area contributed by atoms with Gasteiger partial charge in [-0.2, -0.15) is 5.10 Å². The number of carbonyl (C=O) groups is 2. The molecule has 2 aromatic rings. The number of nitrogens with one attached hydrogen (secondary N) is 2. The normalized spacial score (nSPS) is 19.2. The molecule has 1 fully saturated rings. The lowest BCUT2D eigenvalue weighted by Crippen LogP contribution is -2.26. The van der Waals surface area contributed by atoms with Gasteiger partial charge in [-0.3, -0.25) is 14.7 Å². The number of benzene rings is 1. The lowest BCUT2D eigenvalue weighted by Gasteiger charge is -2.01. The highest BCUT2D eigenvalue weighted by molar-refractivity contribution is 5.89. The highest BCUT2D eigenvalue weighted by Gasteiger charge is 2.48. The van der Waals surface area contributed by atoms with Gasteiger partial charge in [0, 0.05) is 5.56 Å². The summed E-state index contributed by atoms with van der Waals surface area (Å²) in [5.41, 5.74) is 0.827. The molecule has 0 radical (unpaired) electrons. The van der Waals surface area contributed by atoms with Crippen LogP contribution in [0.2, 0.25) is 0 Å². The summed E-state index contributed by atoms with van der Waals surface area (Å²) in [6.45, 7) is 0.185. The number of methoxy groups -OCH3 is 1. The predicted octanol–water partition coefficient (Wildman–Crippen LogP) is 0.817. The third-order valence-electron chi connectivity index (χ3n) is 3.75. The second-order valence-corrected chi connectivity index (χ2v) is 5.34. The number of carboxylic acids is 1. The van der Waals surface area contributed by atoms with Crippen molar-refractivity contribution in [3.8, 4) is 17.1 Å². The summed E-state index contributed by atoms with van der Waals surface area (Å²) in [5, 5.41) is 18.3. The molecule has 0 saturated heterocycles. The van der Waals surface area contributed by atoms with E-state index in [9.17, 15) is 9.59 Å². The molecular formula is C15H16N4O4. The van der Waals surface area contributed by atoms with Crippen LogP contribution in [-0.4, -0.2) is 39.3 Å². The second-order valence-electron chi connectivity index (χ2n) is 5.34. The van der Waals surface area contributed by atoms with E-state index >= 15 is 0 Å². The van der Waals surface area contributed by atoms with Gasteiger partial charge in [0.15, 0.2) is 5.82 Å². The predicted molar refractivity (Wildman–Crippen MR) is 79.5 cm³/mol. The molecule has 0 aliphatic heterocycles. The van der Waals surface area contributed by atoms with Crippen molar-refractivity contribution in [2.75, 3.05) is 7.11 Å². The number of nitrogens with zero attached hydrogens (tertiary/aromatic N) is 2. The van der Waals surface area contributed by atoms with E-state index in [4.69, 9.17) is 9.84 Å². The summed E-state index contributed by atoms with van der Waals surface area (Å²) in [6.07, 6.45) is 0.397. The SMILES string of the molecule is COc1ccc(-c2n[nH]c(CNC(=O)C3CC3C(=O)O)n2)cc1. The molecule has 8 nitrogen and oxygen atoms in total. The largest absolute Gasteiger partial charge is 0.497 e. The molecule has 23 heavy (non-hydrogen) atoms. The molecule has 2 atom stereocenters. The molecule has 2 unspecified atom stereocenters. The summed E-state index contributed by atoms with van der Waals surface area (Å²) >= 11 is 0. The Labute approximate surface area is 131 Å². The monoisotopic (exact) mass is 316 g/mol. The van der Waals surface area contributed by atoms with Crippen molar-refractivity contribution >= 4 is 11.9 Å². The number of H-pyrrole nitrogens is 1. The smallest absolute Gasteiger partial charge is 0.307 e. The van der Waals surface area contributed by atoms with Crippen LogP contribution >= 0.6 is 0 Å². The first-order valence-electron chi connectivity index (χ1n) is 7.14. The standard InChI is InChI=1S/C15H16N4O4/c1-23-9-4-2-8(3-5-9)13-17-12(18-19-13)7-16-14(20)10-6-11(10)15(21)22/h2-5,10-11H,6-7H2,1H3,(H,16,20)(H,21,22)(H,17,18,19). The van der Waals surface area contributed by atoms with Crippen LogP contribution in [0.15, 0.2) is 24.3 Å². The quantitative estimate of drug-likeness (QED) is 0.726. The Bertz CT molecular complexity index is 725. The van der Waals surface area contributed by atoms with E-state index in [0.29, 0.717) is 18.1 Å². The van der Waals surface area contributed by atoms with Gasteiger partial charge in [-0.1, -0.05) is 0 Å². The average molecular weight is 316 g/mol. The van der Waals surface area contributed by atoms with Crippen molar-refractivity contribution in [3.05, 3.63) is 30.1 Å². The molecule has 3 N–H and O–H groups in total. The van der Waals surface area contributed by atoms with Crippen LogP contribution in [0.5, 0.6) is 5.75 Å². The minimum atomic E-state index is -0.924. The van der Waals surface area contributed by atoms with Crippen molar-refractivity contribution in [3.63, 3.8) is 0 Å². The second kappa shape index (κ2) is 6.07. The first-order valence-corrected chi connectivity index (χ1v) is 7.14. The zero-order valence-electron chi connectivity index (χ0n) is 12.4. The number of aromatic nitrogens is 3. The maximum atomic E-state index is 11.8. The van der Waals surface area contributed by atoms with Crippen molar-refractivity contribution in [2.45, 2.75) is 13.0 Å². The van der Waals surface area contributed by atoms with E-state index in [0.717, 1.165) is 11.3 Å². The summed E-state index contributed by atoms with van der Waals surface area (Å²) < 4.78 is 5.09. The van der Waals surface area contributed by atoms with Gasteiger partial charge in [0.2, 0.25) is 5.91 Å².